The molecular formula is C18H25N3. The molecule has 1 aliphatic rings. The van der Waals surface area contributed by atoms with E-state index in [0.29, 0.717) is 12.0 Å². The normalized spacial score (nSPS) is 22.8. The van der Waals surface area contributed by atoms with Gasteiger partial charge in [0.15, 0.2) is 0 Å². The van der Waals surface area contributed by atoms with E-state index in [1.807, 2.05) is 12.4 Å². The fourth-order valence-corrected chi connectivity index (χ4v) is 3.73. The number of benzene rings is 1. The third-order valence-electron chi connectivity index (χ3n) is 4.91. The van der Waals surface area contributed by atoms with Gasteiger partial charge in [0.25, 0.3) is 0 Å². The summed E-state index contributed by atoms with van der Waals surface area (Å²) in [7, 11) is 2.24. The molecule has 3 heteroatoms. The van der Waals surface area contributed by atoms with Crippen molar-refractivity contribution in [3.63, 3.8) is 0 Å². The summed E-state index contributed by atoms with van der Waals surface area (Å²) in [6, 6.07) is 9.12. The monoisotopic (exact) mass is 283 g/mol. The zero-order valence-corrected chi connectivity index (χ0v) is 12.8. The second-order valence-corrected chi connectivity index (χ2v) is 6.28. The van der Waals surface area contributed by atoms with Crippen LogP contribution in [-0.2, 0) is 6.54 Å². The van der Waals surface area contributed by atoms with Gasteiger partial charge in [-0.05, 0) is 43.3 Å². The second-order valence-electron chi connectivity index (χ2n) is 6.28. The Bertz CT molecular complexity index is 591. The maximum Gasteiger partial charge on any atom is 0.0346 e. The average molecular weight is 283 g/mol. The van der Waals surface area contributed by atoms with Crippen molar-refractivity contribution in [2.75, 3.05) is 13.6 Å². The lowest BCUT2D eigenvalue weighted by atomic mass is 9.83. The van der Waals surface area contributed by atoms with Crippen LogP contribution < -0.4 is 5.73 Å². The molecule has 2 atom stereocenters. The minimum Gasteiger partial charge on any atom is -0.330 e. The van der Waals surface area contributed by atoms with Crippen LogP contribution in [0.25, 0.3) is 10.8 Å². The molecule has 0 spiro atoms. The molecule has 3 nitrogen and oxygen atoms in total. The van der Waals surface area contributed by atoms with Gasteiger partial charge >= 0.3 is 0 Å². The molecule has 0 bridgehead atoms. The van der Waals surface area contributed by atoms with E-state index in [0.717, 1.165) is 13.1 Å². The van der Waals surface area contributed by atoms with Crippen molar-refractivity contribution >= 4 is 10.8 Å². The first-order valence-electron chi connectivity index (χ1n) is 8.01. The molecule has 0 aliphatic heterocycles. The van der Waals surface area contributed by atoms with Crippen LogP contribution in [0.4, 0.5) is 0 Å². The summed E-state index contributed by atoms with van der Waals surface area (Å²) in [6.45, 7) is 1.76. The van der Waals surface area contributed by atoms with Gasteiger partial charge in [-0.3, -0.25) is 9.88 Å². The maximum atomic E-state index is 5.98. The van der Waals surface area contributed by atoms with Crippen LogP contribution in [0.3, 0.4) is 0 Å². The zero-order chi connectivity index (χ0) is 14.7. The molecular weight excluding hydrogens is 258 g/mol. The Labute approximate surface area is 127 Å². The molecule has 112 valence electrons. The Kier molecular flexibility index (Phi) is 4.51. The standard InChI is InChI=1S/C18H25N3/c1-21(18-9-5-3-6-14(18)10-19)13-16-12-20-11-15-7-2-4-8-17(15)16/h2,4,7-8,11-12,14,18H,3,5-6,9-10,13,19H2,1H3. The van der Waals surface area contributed by atoms with Gasteiger partial charge in [-0.2, -0.15) is 0 Å². The van der Waals surface area contributed by atoms with Gasteiger partial charge in [-0.15, -0.1) is 0 Å². The van der Waals surface area contributed by atoms with Crippen LogP contribution in [0.5, 0.6) is 0 Å². The van der Waals surface area contributed by atoms with Gasteiger partial charge in [0.05, 0.1) is 0 Å². The molecule has 1 aliphatic carbocycles. The SMILES string of the molecule is CN(Cc1cncc2ccccc12)C1CCCCC1CN. The number of pyridine rings is 1. The highest BCUT2D eigenvalue weighted by Gasteiger charge is 2.27. The van der Waals surface area contributed by atoms with Crippen molar-refractivity contribution in [1.82, 2.24) is 9.88 Å². The lowest BCUT2D eigenvalue weighted by Crippen LogP contribution is -2.42. The van der Waals surface area contributed by atoms with Crippen molar-refractivity contribution in [1.29, 1.82) is 0 Å². The molecule has 2 N–H and O–H groups in total. The topological polar surface area (TPSA) is 42.2 Å². The molecule has 1 aromatic carbocycles. The van der Waals surface area contributed by atoms with Crippen LogP contribution in [0.15, 0.2) is 36.7 Å². The van der Waals surface area contributed by atoms with Gasteiger partial charge in [0.1, 0.15) is 0 Å². The first-order valence-corrected chi connectivity index (χ1v) is 8.01. The van der Waals surface area contributed by atoms with Crippen molar-refractivity contribution in [3.8, 4) is 0 Å². The first kappa shape index (κ1) is 14.5. The highest BCUT2D eigenvalue weighted by Crippen LogP contribution is 2.29. The molecule has 3 rings (SSSR count). The van der Waals surface area contributed by atoms with Crippen molar-refractivity contribution in [3.05, 3.63) is 42.2 Å². The van der Waals surface area contributed by atoms with Crippen molar-refractivity contribution in [2.24, 2.45) is 11.7 Å². The number of nitrogens with two attached hydrogens (primary N) is 1. The number of hydrogen-bond donors (Lipinski definition) is 1. The van der Waals surface area contributed by atoms with E-state index >= 15 is 0 Å². The first-order chi connectivity index (χ1) is 10.3. The largest absolute Gasteiger partial charge is 0.330 e. The van der Waals surface area contributed by atoms with E-state index in [9.17, 15) is 0 Å². The third kappa shape index (κ3) is 3.09. The van der Waals surface area contributed by atoms with E-state index in [-0.39, 0.29) is 0 Å². The van der Waals surface area contributed by atoms with E-state index < -0.39 is 0 Å². The lowest BCUT2D eigenvalue weighted by Gasteiger charge is -2.37. The minimum absolute atomic E-state index is 0.614. The second kappa shape index (κ2) is 6.54. The maximum absolute atomic E-state index is 5.98. The van der Waals surface area contributed by atoms with Crippen molar-refractivity contribution in [2.45, 2.75) is 38.3 Å². The van der Waals surface area contributed by atoms with Gasteiger partial charge in [-0.25, -0.2) is 0 Å². The smallest absolute Gasteiger partial charge is 0.0346 e. The van der Waals surface area contributed by atoms with Crippen LogP contribution >= 0.6 is 0 Å². The lowest BCUT2D eigenvalue weighted by molar-refractivity contribution is 0.128. The Balaban J connectivity index is 1.81. The Hall–Kier alpha value is -1.45. The third-order valence-corrected chi connectivity index (χ3v) is 4.91. The van der Waals surface area contributed by atoms with E-state index in [1.165, 1.54) is 42.0 Å². The summed E-state index contributed by atoms with van der Waals surface area (Å²) in [4.78, 5) is 6.89. The predicted octanol–water partition coefficient (Wildman–Crippen LogP) is 3.18. The summed E-state index contributed by atoms with van der Waals surface area (Å²) in [5, 5.41) is 2.54. The quantitative estimate of drug-likeness (QED) is 0.937. The molecule has 2 unspecified atom stereocenters. The molecule has 1 saturated carbocycles. The zero-order valence-electron chi connectivity index (χ0n) is 12.8. The Morgan fingerprint density at radius 2 is 2.00 bits per heavy atom. The van der Waals surface area contributed by atoms with Gasteiger partial charge in [-0.1, -0.05) is 37.1 Å². The summed E-state index contributed by atoms with van der Waals surface area (Å²) < 4.78 is 0. The summed E-state index contributed by atoms with van der Waals surface area (Å²) in [5.74, 6) is 0.645. The molecule has 1 aromatic heterocycles. The molecule has 1 heterocycles. The Morgan fingerprint density at radius 1 is 1.19 bits per heavy atom. The van der Waals surface area contributed by atoms with Gasteiger partial charge < -0.3 is 5.73 Å². The highest BCUT2D eigenvalue weighted by molar-refractivity contribution is 5.84. The number of fused-ring (bicyclic) bond motifs is 1. The molecule has 21 heavy (non-hydrogen) atoms. The number of hydrogen-bond acceptors (Lipinski definition) is 3. The molecule has 0 amide bonds. The van der Waals surface area contributed by atoms with Crippen molar-refractivity contribution < 1.29 is 0 Å². The van der Waals surface area contributed by atoms with Crippen LogP contribution in [0.1, 0.15) is 31.2 Å². The van der Waals surface area contributed by atoms with E-state index in [1.54, 1.807) is 0 Å². The molecule has 0 saturated heterocycles. The Morgan fingerprint density at radius 3 is 2.86 bits per heavy atom. The highest BCUT2D eigenvalue weighted by atomic mass is 15.1. The summed E-state index contributed by atoms with van der Waals surface area (Å²) in [6.07, 6.45) is 9.18. The van der Waals surface area contributed by atoms with E-state index in [4.69, 9.17) is 5.73 Å². The van der Waals surface area contributed by atoms with Crippen LogP contribution in [0.2, 0.25) is 0 Å². The predicted molar refractivity (Wildman–Crippen MR) is 88.0 cm³/mol. The number of rotatable bonds is 4. The minimum atomic E-state index is 0.614. The summed E-state index contributed by atoms with van der Waals surface area (Å²) >= 11 is 0. The van der Waals surface area contributed by atoms with Crippen LogP contribution in [0, 0.1) is 5.92 Å². The fourth-order valence-electron chi connectivity index (χ4n) is 3.73. The number of aromatic nitrogens is 1. The van der Waals surface area contributed by atoms with Gasteiger partial charge in [0.2, 0.25) is 0 Å². The summed E-state index contributed by atoms with van der Waals surface area (Å²) in [5.41, 5.74) is 7.29. The molecule has 1 fully saturated rings. The van der Waals surface area contributed by atoms with E-state index in [2.05, 4.69) is 41.2 Å². The molecule has 2 aromatic rings. The average Bonchev–Trinajstić information content (AvgIpc) is 2.55. The number of nitrogens with zero attached hydrogens (tertiary/aromatic N) is 2. The fraction of sp³-hybridized carbons (Fsp3) is 0.500. The van der Waals surface area contributed by atoms with Gasteiger partial charge in [0, 0.05) is 30.4 Å². The molecule has 0 radical (unpaired) electrons. The van der Waals surface area contributed by atoms with Crippen LogP contribution in [-0.4, -0.2) is 29.5 Å².